The van der Waals surface area contributed by atoms with E-state index >= 15 is 0 Å². The van der Waals surface area contributed by atoms with Crippen molar-refractivity contribution in [2.45, 2.75) is 46.3 Å². The molecule has 9 heteroatoms. The first-order valence-electron chi connectivity index (χ1n) is 10.1. The van der Waals surface area contributed by atoms with Crippen molar-refractivity contribution in [1.82, 2.24) is 24.9 Å². The van der Waals surface area contributed by atoms with Gasteiger partial charge in [-0.1, -0.05) is 0 Å². The number of alkyl carbamates (subject to hydrolysis) is 1. The molecule has 0 unspecified atom stereocenters. The van der Waals surface area contributed by atoms with Gasteiger partial charge in [-0.25, -0.2) is 4.79 Å². The highest BCUT2D eigenvalue weighted by Gasteiger charge is 2.24. The molecular formula is C20H35N5O4. The maximum absolute atomic E-state index is 13.1. The second-order valence-corrected chi connectivity index (χ2v) is 8.55. The average Bonchev–Trinajstić information content (AvgIpc) is 2.96. The van der Waals surface area contributed by atoms with Gasteiger partial charge in [-0.05, 0) is 40.7 Å². The lowest BCUT2D eigenvalue weighted by Crippen LogP contribution is -2.48. The molecule has 0 saturated carbocycles. The molecule has 1 aliphatic rings. The van der Waals surface area contributed by atoms with Crippen LogP contribution in [-0.4, -0.2) is 89.2 Å². The highest BCUT2D eigenvalue weighted by molar-refractivity contribution is 5.92. The van der Waals surface area contributed by atoms with Crippen molar-refractivity contribution >= 4 is 12.0 Å². The molecule has 1 saturated heterocycles. The molecule has 0 spiro atoms. The molecule has 0 radical (unpaired) electrons. The number of hydrogen-bond acceptors (Lipinski definition) is 6. The van der Waals surface area contributed by atoms with Gasteiger partial charge in [0.25, 0.3) is 5.91 Å². The summed E-state index contributed by atoms with van der Waals surface area (Å²) in [5, 5.41) is 7.14. The molecule has 0 aromatic carbocycles. The number of nitrogens with one attached hydrogen (secondary N) is 1. The minimum absolute atomic E-state index is 0.139. The van der Waals surface area contributed by atoms with Crippen LogP contribution in [0.5, 0.6) is 0 Å². The van der Waals surface area contributed by atoms with Crippen molar-refractivity contribution in [3.8, 4) is 0 Å². The number of aromatic nitrogens is 2. The smallest absolute Gasteiger partial charge is 0.407 e. The van der Waals surface area contributed by atoms with Crippen molar-refractivity contribution < 1.29 is 19.1 Å². The first-order valence-corrected chi connectivity index (χ1v) is 10.1. The Balaban J connectivity index is 2.02. The van der Waals surface area contributed by atoms with Gasteiger partial charge in [-0.2, -0.15) is 5.10 Å². The number of nitrogens with zero attached hydrogens (tertiary/aromatic N) is 4. The minimum Gasteiger partial charge on any atom is -0.444 e. The van der Waals surface area contributed by atoms with Crippen LogP contribution in [0.2, 0.25) is 0 Å². The van der Waals surface area contributed by atoms with Crippen molar-refractivity contribution in [1.29, 1.82) is 0 Å². The zero-order valence-electron chi connectivity index (χ0n) is 18.5. The number of hydrogen-bond donors (Lipinski definition) is 1. The summed E-state index contributed by atoms with van der Waals surface area (Å²) in [7, 11) is 1.82. The summed E-state index contributed by atoms with van der Waals surface area (Å²) < 4.78 is 12.4. The van der Waals surface area contributed by atoms with Crippen LogP contribution in [0.3, 0.4) is 0 Å². The van der Waals surface area contributed by atoms with Crippen LogP contribution in [0, 0.1) is 6.92 Å². The van der Waals surface area contributed by atoms with E-state index in [9.17, 15) is 9.59 Å². The Morgan fingerprint density at radius 1 is 1.34 bits per heavy atom. The van der Waals surface area contributed by atoms with E-state index in [-0.39, 0.29) is 11.9 Å². The Morgan fingerprint density at radius 3 is 2.55 bits per heavy atom. The van der Waals surface area contributed by atoms with E-state index in [1.165, 1.54) is 0 Å². The zero-order valence-corrected chi connectivity index (χ0v) is 18.5. The first-order chi connectivity index (χ1) is 13.5. The lowest BCUT2D eigenvalue weighted by molar-refractivity contribution is 0.0311. The topological polar surface area (TPSA) is 88.9 Å². The number of amides is 2. The molecule has 0 bridgehead atoms. The van der Waals surface area contributed by atoms with E-state index in [1.807, 2.05) is 41.7 Å². The standard InChI is InChI=1S/C20H35N5O4/c1-15(21-19(27)29-20(3,4)5)14-25(8-7-24-9-11-28-12-10-24)18(26)17-13-16(2)23(6)22-17/h13,15H,7-12,14H2,1-6H3,(H,21,27)/t15-/m1/s1. The number of aryl methyl sites for hydroxylation is 2. The molecule has 2 rings (SSSR count). The van der Waals surface area contributed by atoms with Crippen LogP contribution in [0.1, 0.15) is 43.9 Å². The average molecular weight is 410 g/mol. The van der Waals surface area contributed by atoms with Crippen molar-refractivity contribution in [2.75, 3.05) is 45.9 Å². The molecule has 164 valence electrons. The Kier molecular flexibility index (Phi) is 8.04. The Bertz CT molecular complexity index is 672. The van der Waals surface area contributed by atoms with Gasteiger partial charge in [0.1, 0.15) is 5.60 Å². The van der Waals surface area contributed by atoms with E-state index in [2.05, 4.69) is 15.3 Å². The van der Waals surface area contributed by atoms with Gasteiger partial charge in [-0.3, -0.25) is 14.4 Å². The van der Waals surface area contributed by atoms with Crippen molar-refractivity contribution in [3.05, 3.63) is 17.5 Å². The van der Waals surface area contributed by atoms with Crippen LogP contribution >= 0.6 is 0 Å². The van der Waals surface area contributed by atoms with Gasteiger partial charge in [-0.15, -0.1) is 0 Å². The lowest BCUT2D eigenvalue weighted by atomic mass is 10.2. The monoisotopic (exact) mass is 409 g/mol. The number of morpholine rings is 1. The Hall–Kier alpha value is -2.13. The number of ether oxygens (including phenoxy) is 2. The van der Waals surface area contributed by atoms with Gasteiger partial charge in [0, 0.05) is 51.5 Å². The molecule has 1 fully saturated rings. The Labute approximate surface area is 173 Å². The summed E-state index contributed by atoms with van der Waals surface area (Å²) in [5.41, 5.74) is 0.763. The Morgan fingerprint density at radius 2 is 2.00 bits per heavy atom. The van der Waals surface area contributed by atoms with Crippen LogP contribution in [0.4, 0.5) is 4.79 Å². The minimum atomic E-state index is -0.568. The maximum Gasteiger partial charge on any atom is 0.407 e. The number of carbonyl (C=O) groups excluding carboxylic acids is 2. The highest BCUT2D eigenvalue weighted by atomic mass is 16.6. The normalized spacial score (nSPS) is 16.3. The predicted molar refractivity (Wildman–Crippen MR) is 110 cm³/mol. The van der Waals surface area contributed by atoms with Crippen LogP contribution in [0.15, 0.2) is 6.07 Å². The molecule has 1 atom stereocenters. The third-order valence-corrected chi connectivity index (χ3v) is 4.67. The summed E-state index contributed by atoms with van der Waals surface area (Å²) >= 11 is 0. The molecule has 1 aromatic heterocycles. The summed E-state index contributed by atoms with van der Waals surface area (Å²) in [4.78, 5) is 29.2. The van der Waals surface area contributed by atoms with Gasteiger partial charge in [0.2, 0.25) is 0 Å². The van der Waals surface area contributed by atoms with E-state index in [4.69, 9.17) is 9.47 Å². The van der Waals surface area contributed by atoms with Crippen molar-refractivity contribution in [2.24, 2.45) is 7.05 Å². The second kappa shape index (κ2) is 10.1. The fraction of sp³-hybridized carbons (Fsp3) is 0.750. The number of rotatable bonds is 7. The van der Waals surface area contributed by atoms with E-state index < -0.39 is 11.7 Å². The number of carbonyl (C=O) groups is 2. The quantitative estimate of drug-likeness (QED) is 0.733. The van der Waals surface area contributed by atoms with Crippen LogP contribution in [0.25, 0.3) is 0 Å². The fourth-order valence-electron chi connectivity index (χ4n) is 3.07. The van der Waals surface area contributed by atoms with Gasteiger partial charge < -0.3 is 19.7 Å². The highest BCUT2D eigenvalue weighted by Crippen LogP contribution is 2.09. The molecule has 1 aliphatic heterocycles. The molecule has 9 nitrogen and oxygen atoms in total. The second-order valence-electron chi connectivity index (χ2n) is 8.55. The third kappa shape index (κ3) is 7.66. The van der Waals surface area contributed by atoms with Crippen LogP contribution < -0.4 is 5.32 Å². The van der Waals surface area contributed by atoms with E-state index in [1.54, 1.807) is 15.6 Å². The van der Waals surface area contributed by atoms with Gasteiger partial charge in [0.15, 0.2) is 5.69 Å². The molecular weight excluding hydrogens is 374 g/mol. The fourth-order valence-corrected chi connectivity index (χ4v) is 3.07. The van der Waals surface area contributed by atoms with E-state index in [0.29, 0.717) is 32.0 Å². The SMILES string of the molecule is Cc1cc(C(=O)N(CCN2CCOCC2)C[C@@H](C)NC(=O)OC(C)(C)C)nn1C. The first kappa shape index (κ1) is 23.2. The molecule has 2 amide bonds. The summed E-state index contributed by atoms with van der Waals surface area (Å²) in [6.07, 6.45) is -0.487. The lowest BCUT2D eigenvalue weighted by Gasteiger charge is -2.31. The summed E-state index contributed by atoms with van der Waals surface area (Å²) in [5.74, 6) is -0.139. The van der Waals surface area contributed by atoms with Gasteiger partial charge in [0.05, 0.1) is 13.2 Å². The van der Waals surface area contributed by atoms with Crippen molar-refractivity contribution in [3.63, 3.8) is 0 Å². The molecule has 1 N–H and O–H groups in total. The van der Waals surface area contributed by atoms with E-state index in [0.717, 1.165) is 25.3 Å². The van der Waals surface area contributed by atoms with Gasteiger partial charge >= 0.3 is 6.09 Å². The molecule has 2 heterocycles. The third-order valence-electron chi connectivity index (χ3n) is 4.67. The van der Waals surface area contributed by atoms with Crippen LogP contribution in [-0.2, 0) is 16.5 Å². The maximum atomic E-state index is 13.1. The summed E-state index contributed by atoms with van der Waals surface area (Å²) in [6.45, 7) is 14.0. The largest absolute Gasteiger partial charge is 0.444 e. The molecule has 29 heavy (non-hydrogen) atoms. The predicted octanol–water partition coefficient (Wildman–Crippen LogP) is 1.42. The molecule has 1 aromatic rings. The molecule has 0 aliphatic carbocycles. The summed E-state index contributed by atoms with van der Waals surface area (Å²) in [6, 6.07) is 1.53. The zero-order chi connectivity index (χ0) is 21.6.